The summed E-state index contributed by atoms with van der Waals surface area (Å²) in [6.45, 7) is 12.2. The maximum absolute atomic E-state index is 12.4. The van der Waals surface area contributed by atoms with Crippen molar-refractivity contribution in [3.05, 3.63) is 64.0 Å². The molecule has 1 atom stereocenters. The number of nitrogens with one attached hydrogen (secondary N) is 1. The van der Waals surface area contributed by atoms with Crippen LogP contribution in [-0.4, -0.2) is 41.3 Å². The Kier molecular flexibility index (Phi) is 8.47. The van der Waals surface area contributed by atoms with Gasteiger partial charge in [0.25, 0.3) is 5.91 Å². The van der Waals surface area contributed by atoms with Crippen molar-refractivity contribution in [2.24, 2.45) is 5.41 Å². The Balaban J connectivity index is 1.92. The summed E-state index contributed by atoms with van der Waals surface area (Å²) in [4.78, 5) is 24.4. The predicted octanol–water partition coefficient (Wildman–Crippen LogP) is 5.92. The molecule has 3 rings (SSSR count). The van der Waals surface area contributed by atoms with Crippen LogP contribution in [0.15, 0.2) is 42.5 Å². The zero-order valence-electron chi connectivity index (χ0n) is 22.0. The number of thiophene rings is 1. The van der Waals surface area contributed by atoms with Gasteiger partial charge in [-0.3, -0.25) is 9.59 Å². The largest absolute Gasteiger partial charge is 0.491 e. The van der Waals surface area contributed by atoms with Crippen LogP contribution in [0.3, 0.4) is 0 Å². The molecule has 6 nitrogen and oxygen atoms in total. The predicted molar refractivity (Wildman–Crippen MR) is 145 cm³/mol. The van der Waals surface area contributed by atoms with Gasteiger partial charge in [0.15, 0.2) is 0 Å². The van der Waals surface area contributed by atoms with E-state index in [1.165, 1.54) is 10.4 Å². The molecule has 3 aromatic rings. The van der Waals surface area contributed by atoms with Crippen LogP contribution in [0.25, 0.3) is 10.1 Å². The highest BCUT2D eigenvalue weighted by Crippen LogP contribution is 2.45. The Morgan fingerprint density at radius 3 is 2.33 bits per heavy atom. The lowest BCUT2D eigenvalue weighted by atomic mass is 9.74. The van der Waals surface area contributed by atoms with Crippen molar-refractivity contribution in [2.75, 3.05) is 13.2 Å². The van der Waals surface area contributed by atoms with Crippen molar-refractivity contribution < 1.29 is 24.5 Å². The lowest BCUT2D eigenvalue weighted by Gasteiger charge is -2.32. The van der Waals surface area contributed by atoms with Crippen molar-refractivity contribution in [1.82, 2.24) is 5.32 Å². The summed E-state index contributed by atoms with van der Waals surface area (Å²) in [5.41, 5.74) is 2.25. The van der Waals surface area contributed by atoms with Gasteiger partial charge < -0.3 is 20.3 Å². The smallest absolute Gasteiger partial charge is 0.322 e. The van der Waals surface area contributed by atoms with E-state index < -0.39 is 24.5 Å². The number of carboxylic acid groups (broad SMARTS) is 1. The van der Waals surface area contributed by atoms with Crippen LogP contribution in [0.4, 0.5) is 0 Å². The van der Waals surface area contributed by atoms with Crippen LogP contribution in [0.5, 0.6) is 5.75 Å². The molecule has 0 fully saturated rings. The van der Waals surface area contributed by atoms with Crippen LogP contribution in [0.2, 0.25) is 0 Å². The molecule has 0 saturated heterocycles. The minimum Gasteiger partial charge on any atom is -0.491 e. The van der Waals surface area contributed by atoms with E-state index in [4.69, 9.17) is 9.84 Å². The molecular formula is C29H37NO5S. The number of aliphatic hydroxyl groups excluding tert-OH is 1. The van der Waals surface area contributed by atoms with E-state index in [0.29, 0.717) is 5.56 Å². The molecular weight excluding hydrogens is 474 g/mol. The summed E-state index contributed by atoms with van der Waals surface area (Å²) in [6, 6.07) is 14.0. The Labute approximate surface area is 217 Å². The van der Waals surface area contributed by atoms with Crippen LogP contribution >= 0.6 is 11.3 Å². The molecule has 1 heterocycles. The average molecular weight is 512 g/mol. The summed E-state index contributed by atoms with van der Waals surface area (Å²) in [6.07, 6.45) is 1.26. The summed E-state index contributed by atoms with van der Waals surface area (Å²) in [5.74, 6) is -0.693. The molecule has 1 unspecified atom stereocenters. The summed E-state index contributed by atoms with van der Waals surface area (Å²) in [5, 5.41) is 22.7. The Hall–Kier alpha value is -2.90. The number of carboxylic acids is 1. The molecule has 0 radical (unpaired) electrons. The number of aliphatic hydroxyl groups is 1. The Morgan fingerprint density at radius 2 is 1.75 bits per heavy atom. The monoisotopic (exact) mass is 511 g/mol. The van der Waals surface area contributed by atoms with Crippen LogP contribution in [0, 0.1) is 12.3 Å². The maximum atomic E-state index is 12.4. The number of ether oxygens (including phenoxy) is 1. The number of rotatable bonds is 10. The summed E-state index contributed by atoms with van der Waals surface area (Å²) in [7, 11) is 0. The molecule has 0 saturated carbocycles. The number of carbonyl (C=O) groups excluding carboxylic acids is 1. The first-order valence-electron chi connectivity index (χ1n) is 12.4. The minimum atomic E-state index is -1.07. The fraction of sp³-hybridized carbons (Fsp3) is 0.448. The molecule has 0 spiro atoms. The van der Waals surface area contributed by atoms with E-state index in [1.807, 2.05) is 45.9 Å². The third-order valence-corrected chi connectivity index (χ3v) is 8.29. The minimum absolute atomic E-state index is 0.191. The fourth-order valence-electron chi connectivity index (χ4n) is 4.34. The maximum Gasteiger partial charge on any atom is 0.322 e. The van der Waals surface area contributed by atoms with E-state index >= 15 is 0 Å². The second-order valence-electron chi connectivity index (χ2n) is 10.4. The van der Waals surface area contributed by atoms with E-state index in [1.54, 1.807) is 17.4 Å². The van der Waals surface area contributed by atoms with Gasteiger partial charge in [-0.25, -0.2) is 0 Å². The highest BCUT2D eigenvalue weighted by molar-refractivity contribution is 7.19. The van der Waals surface area contributed by atoms with E-state index in [-0.39, 0.29) is 17.4 Å². The normalized spacial score (nSPS) is 13.0. The van der Waals surface area contributed by atoms with Crippen molar-refractivity contribution in [2.45, 2.75) is 65.9 Å². The highest BCUT2D eigenvalue weighted by Gasteiger charge is 2.33. The second kappa shape index (κ2) is 11.0. The summed E-state index contributed by atoms with van der Waals surface area (Å²) >= 11 is 1.67. The van der Waals surface area contributed by atoms with Gasteiger partial charge >= 0.3 is 5.97 Å². The number of hydrogen-bond donors (Lipinski definition) is 3. The van der Waals surface area contributed by atoms with E-state index in [2.05, 4.69) is 37.4 Å². The van der Waals surface area contributed by atoms with Crippen molar-refractivity contribution in [3.8, 4) is 5.75 Å². The fourth-order valence-corrected chi connectivity index (χ4v) is 5.80. The van der Waals surface area contributed by atoms with Crippen LogP contribution < -0.4 is 10.1 Å². The highest BCUT2D eigenvalue weighted by atomic mass is 32.1. The Morgan fingerprint density at radius 1 is 1.06 bits per heavy atom. The van der Waals surface area contributed by atoms with Gasteiger partial charge in [0.05, 0.1) is 6.10 Å². The molecule has 0 aliphatic heterocycles. The first-order chi connectivity index (χ1) is 16.9. The van der Waals surface area contributed by atoms with E-state index in [0.717, 1.165) is 34.2 Å². The summed E-state index contributed by atoms with van der Waals surface area (Å²) < 4.78 is 6.95. The molecule has 36 heavy (non-hydrogen) atoms. The molecule has 194 valence electrons. The molecule has 1 amide bonds. The number of aliphatic carboxylic acids is 1. The van der Waals surface area contributed by atoms with Gasteiger partial charge in [-0.15, -0.1) is 11.3 Å². The number of aryl methyl sites for hydroxylation is 1. The zero-order chi connectivity index (χ0) is 26.7. The third-order valence-electron chi connectivity index (χ3n) is 6.99. The number of fused-ring (bicyclic) bond motifs is 1. The van der Waals surface area contributed by atoms with Crippen molar-refractivity contribution in [1.29, 1.82) is 0 Å². The first kappa shape index (κ1) is 27.7. The Bertz CT molecular complexity index is 1240. The van der Waals surface area contributed by atoms with Gasteiger partial charge in [0.1, 0.15) is 18.9 Å². The molecule has 1 aromatic heterocycles. The quantitative estimate of drug-likeness (QED) is 0.314. The molecule has 0 bridgehead atoms. The third kappa shape index (κ3) is 5.90. The number of amides is 1. The van der Waals surface area contributed by atoms with Gasteiger partial charge in [0.2, 0.25) is 0 Å². The van der Waals surface area contributed by atoms with Gasteiger partial charge in [-0.05, 0) is 66.0 Å². The zero-order valence-corrected chi connectivity index (χ0v) is 22.8. The average Bonchev–Trinajstić information content (AvgIpc) is 3.26. The number of benzene rings is 2. The molecule has 0 aliphatic carbocycles. The molecule has 7 heteroatoms. The topological polar surface area (TPSA) is 95.9 Å². The van der Waals surface area contributed by atoms with Crippen LogP contribution in [0.1, 0.15) is 73.8 Å². The molecule has 2 aromatic carbocycles. The molecule has 3 N–H and O–H groups in total. The van der Waals surface area contributed by atoms with Crippen LogP contribution in [-0.2, 0) is 10.2 Å². The van der Waals surface area contributed by atoms with Gasteiger partial charge in [-0.2, -0.15) is 0 Å². The number of hydrogen-bond acceptors (Lipinski definition) is 5. The van der Waals surface area contributed by atoms with Crippen molar-refractivity contribution in [3.63, 3.8) is 0 Å². The molecule has 0 aliphatic rings. The first-order valence-corrected chi connectivity index (χ1v) is 13.2. The lowest BCUT2D eigenvalue weighted by Crippen LogP contribution is -2.32. The standard InChI is InChI=1S/C29H37NO5S/c1-7-29(8-2,21-11-12-22(18(3)13-21)35-17-24(31)28(4,5)6)25-15-19-9-10-20(14-23(19)36-25)27(34)30-16-26(32)33/h9-15,24,31H,7-8,16-17H2,1-6H3,(H,30,34)(H,32,33). The van der Waals surface area contributed by atoms with Gasteiger partial charge in [0, 0.05) is 20.6 Å². The van der Waals surface area contributed by atoms with E-state index in [9.17, 15) is 14.7 Å². The van der Waals surface area contributed by atoms with Crippen molar-refractivity contribution >= 4 is 33.3 Å². The number of carbonyl (C=O) groups is 2. The SMILES string of the molecule is CCC(CC)(c1ccc(OCC(O)C(C)(C)C)c(C)c1)c1cc2ccc(C(=O)NCC(=O)O)cc2s1. The second-order valence-corrected chi connectivity index (χ2v) is 11.5. The van der Waals surface area contributed by atoms with Gasteiger partial charge in [-0.1, -0.05) is 52.8 Å². The lowest BCUT2D eigenvalue weighted by molar-refractivity contribution is -0.135.